The van der Waals surface area contributed by atoms with Crippen molar-refractivity contribution in [1.29, 1.82) is 0 Å². The molecule has 6 amide bonds. The van der Waals surface area contributed by atoms with Crippen LogP contribution in [0.5, 0.6) is 5.75 Å². The molecule has 312 valence electrons. The van der Waals surface area contributed by atoms with Crippen molar-refractivity contribution in [2.45, 2.75) is 76.9 Å². The normalized spacial score (nSPS) is 22.2. The van der Waals surface area contributed by atoms with E-state index >= 15 is 0 Å². The molecule has 58 heavy (non-hydrogen) atoms. The summed E-state index contributed by atoms with van der Waals surface area (Å²) in [5, 5.41) is 12.5. The van der Waals surface area contributed by atoms with E-state index in [1.54, 1.807) is 18.3 Å². The van der Waals surface area contributed by atoms with Gasteiger partial charge in [-0.25, -0.2) is 0 Å². The third-order valence-electron chi connectivity index (χ3n) is 11.5. The molecule has 0 spiro atoms. The second kappa shape index (κ2) is 19.8. The number of carbonyl (C=O) groups excluding carboxylic acids is 6. The number of para-hydroxylation sites is 1. The Labute approximate surface area is 339 Å². The Morgan fingerprint density at radius 3 is 2.36 bits per heavy atom. The average molecular weight is 800 g/mol. The number of nitrogens with one attached hydrogen (secondary N) is 5. The number of rotatable bonds is 9. The number of H-pyrrole nitrogens is 1. The first-order chi connectivity index (χ1) is 28.0. The van der Waals surface area contributed by atoms with E-state index in [4.69, 9.17) is 9.47 Å². The highest BCUT2D eigenvalue weighted by Gasteiger charge is 2.36. The number of amides is 6. The molecule has 0 radical (unpaired) electrons. The minimum Gasteiger partial charge on any atom is -0.492 e. The number of piperidine rings is 1. The number of hydrogen-bond donors (Lipinski definition) is 5. The third kappa shape index (κ3) is 10.7. The van der Waals surface area contributed by atoms with Gasteiger partial charge in [-0.2, -0.15) is 0 Å². The van der Waals surface area contributed by atoms with Gasteiger partial charge < -0.3 is 45.5 Å². The molecule has 0 unspecified atom stereocenters. The van der Waals surface area contributed by atoms with Crippen LogP contribution < -0.4 is 26.0 Å². The molecule has 3 aromatic rings. The Morgan fingerprint density at radius 1 is 0.931 bits per heavy atom. The Kier molecular flexibility index (Phi) is 14.4. The van der Waals surface area contributed by atoms with Crippen LogP contribution in [0.4, 0.5) is 0 Å². The summed E-state index contributed by atoms with van der Waals surface area (Å²) < 4.78 is 11.2. The van der Waals surface area contributed by atoms with Gasteiger partial charge in [-0.05, 0) is 60.9 Å². The molecule has 1 saturated carbocycles. The second-order valence-electron chi connectivity index (χ2n) is 15.9. The minimum atomic E-state index is -1.15. The lowest BCUT2D eigenvalue weighted by molar-refractivity contribution is -0.142. The van der Waals surface area contributed by atoms with Crippen LogP contribution in [0.3, 0.4) is 0 Å². The molecule has 1 aliphatic carbocycles. The number of nitrogens with zero attached hydrogens (tertiary/aromatic N) is 2. The van der Waals surface area contributed by atoms with Crippen molar-refractivity contribution >= 4 is 46.3 Å². The number of hydrogen-bond acceptors (Lipinski definition) is 8. The lowest BCUT2D eigenvalue weighted by Crippen LogP contribution is -2.58. The second-order valence-corrected chi connectivity index (χ2v) is 15.9. The Balaban J connectivity index is 1.29. The number of aromatic nitrogens is 1. The maximum Gasteiger partial charge on any atom is 0.246 e. The molecule has 15 heteroatoms. The van der Waals surface area contributed by atoms with E-state index in [-0.39, 0.29) is 68.7 Å². The van der Waals surface area contributed by atoms with Gasteiger partial charge in [0, 0.05) is 68.5 Å². The first-order valence-corrected chi connectivity index (χ1v) is 20.5. The van der Waals surface area contributed by atoms with Crippen LogP contribution in [0.1, 0.15) is 57.1 Å². The van der Waals surface area contributed by atoms with Gasteiger partial charge >= 0.3 is 0 Å². The van der Waals surface area contributed by atoms with Crippen molar-refractivity contribution in [3.05, 3.63) is 65.9 Å². The van der Waals surface area contributed by atoms with Gasteiger partial charge in [-0.15, -0.1) is 0 Å². The molecule has 4 aliphatic rings. The van der Waals surface area contributed by atoms with Crippen LogP contribution in [0.15, 0.2) is 54.7 Å². The van der Waals surface area contributed by atoms with Crippen LogP contribution in [-0.2, 0) is 46.3 Å². The zero-order valence-electron chi connectivity index (χ0n) is 33.7. The number of aromatic amines is 1. The summed E-state index contributed by atoms with van der Waals surface area (Å²) >= 11 is 0. The standard InChI is InChI=1S/C43H57N7O8/c1-27(2)38-41(54)44-17-21-58-32-13-11-28(12-14-32)23-35(46-39(52)29-15-18-49(19-16-29)42(55)30-7-6-8-30)40(53)47-36(24-31-25-45-34-10-5-4-9-33(31)34)43(56)50(20-22-57-3)26-37(51)48-38/h4-5,9-14,25,27,29-30,35-36,38,45H,6-8,15-24,26H2,1-3H3,(H,44,54)(H,46,52)(H,47,53)(H,48,51)/t35-,36-,38-/m0/s1. The lowest BCUT2D eigenvalue weighted by Gasteiger charge is -2.36. The van der Waals surface area contributed by atoms with Gasteiger partial charge in [-0.3, -0.25) is 28.8 Å². The molecule has 2 aromatic carbocycles. The topological polar surface area (TPSA) is 191 Å². The fraction of sp³-hybridized carbons (Fsp3) is 0.535. The predicted molar refractivity (Wildman–Crippen MR) is 216 cm³/mol. The van der Waals surface area contributed by atoms with Crippen molar-refractivity contribution in [3.8, 4) is 5.75 Å². The van der Waals surface area contributed by atoms with Crippen molar-refractivity contribution in [1.82, 2.24) is 36.1 Å². The molecule has 2 fully saturated rings. The summed E-state index contributed by atoms with van der Waals surface area (Å²) in [7, 11) is 1.49. The van der Waals surface area contributed by atoms with Crippen LogP contribution >= 0.6 is 0 Å². The van der Waals surface area contributed by atoms with E-state index < -0.39 is 48.3 Å². The zero-order chi connectivity index (χ0) is 41.2. The fourth-order valence-electron chi connectivity index (χ4n) is 7.79. The Bertz CT molecular complexity index is 1920. The molecular formula is C43H57N7O8. The van der Waals surface area contributed by atoms with Crippen molar-refractivity contribution in [2.24, 2.45) is 17.8 Å². The first kappa shape index (κ1) is 42.2. The van der Waals surface area contributed by atoms with E-state index in [0.29, 0.717) is 31.7 Å². The highest BCUT2D eigenvalue weighted by Crippen LogP contribution is 2.30. The molecule has 5 N–H and O–H groups in total. The average Bonchev–Trinajstić information content (AvgIpc) is 3.61. The van der Waals surface area contributed by atoms with E-state index in [1.807, 2.05) is 55.1 Å². The van der Waals surface area contributed by atoms with E-state index in [1.165, 1.54) is 12.0 Å². The number of methoxy groups -OCH3 is 1. The van der Waals surface area contributed by atoms with E-state index in [9.17, 15) is 28.8 Å². The predicted octanol–water partition coefficient (Wildman–Crippen LogP) is 2.09. The molecule has 2 bridgehead atoms. The molecule has 7 rings (SSSR count). The molecule has 3 atom stereocenters. The monoisotopic (exact) mass is 799 g/mol. The SMILES string of the molecule is COCCN1CC(=O)N[C@@H](C(C)C)C(=O)NCCOc2ccc(cc2)C[C@H](NC(=O)C2CCN(C(=O)C3CCC3)CC2)C(=O)N[C@@H](Cc2c[nH]c3ccccc23)C1=O. The fourth-order valence-corrected chi connectivity index (χ4v) is 7.79. The van der Waals surface area contributed by atoms with E-state index in [0.717, 1.165) is 41.3 Å². The summed E-state index contributed by atoms with van der Waals surface area (Å²) in [5.41, 5.74) is 2.37. The van der Waals surface area contributed by atoms with Gasteiger partial charge in [0.1, 0.15) is 30.5 Å². The van der Waals surface area contributed by atoms with Gasteiger partial charge in [0.25, 0.3) is 0 Å². The largest absolute Gasteiger partial charge is 0.492 e. The van der Waals surface area contributed by atoms with Crippen molar-refractivity contribution < 1.29 is 38.2 Å². The number of likely N-dealkylation sites (tertiary alicyclic amines) is 1. The van der Waals surface area contributed by atoms with E-state index in [2.05, 4.69) is 26.3 Å². The number of carbonyl (C=O) groups is 6. The molecule has 3 aliphatic heterocycles. The molecule has 15 nitrogen and oxygen atoms in total. The zero-order valence-corrected chi connectivity index (χ0v) is 33.7. The van der Waals surface area contributed by atoms with Crippen LogP contribution in [0, 0.1) is 17.8 Å². The summed E-state index contributed by atoms with van der Waals surface area (Å²) in [6.07, 6.45) is 5.88. The smallest absolute Gasteiger partial charge is 0.246 e. The number of ether oxygens (including phenoxy) is 2. The molecule has 1 saturated heterocycles. The molecule has 4 heterocycles. The highest BCUT2D eigenvalue weighted by molar-refractivity contribution is 5.95. The first-order valence-electron chi connectivity index (χ1n) is 20.5. The van der Waals surface area contributed by atoms with Gasteiger partial charge in [0.05, 0.1) is 19.7 Å². The van der Waals surface area contributed by atoms with Crippen molar-refractivity contribution in [2.75, 3.05) is 53.0 Å². The third-order valence-corrected chi connectivity index (χ3v) is 11.5. The number of benzene rings is 2. The Hall–Kier alpha value is -5.44. The number of fused-ring (bicyclic) bond motifs is 18. The summed E-state index contributed by atoms with van der Waals surface area (Å²) in [5.74, 6) is -2.15. The maximum atomic E-state index is 14.6. The van der Waals surface area contributed by atoms with Crippen molar-refractivity contribution in [3.63, 3.8) is 0 Å². The van der Waals surface area contributed by atoms with Crippen LogP contribution in [0.2, 0.25) is 0 Å². The quantitative estimate of drug-likeness (QED) is 0.203. The van der Waals surface area contributed by atoms with Gasteiger partial charge in [0.15, 0.2) is 0 Å². The highest BCUT2D eigenvalue weighted by atomic mass is 16.5. The van der Waals surface area contributed by atoms with Gasteiger partial charge in [-0.1, -0.05) is 50.6 Å². The van der Waals surface area contributed by atoms with Gasteiger partial charge in [0.2, 0.25) is 35.4 Å². The lowest BCUT2D eigenvalue weighted by atomic mass is 9.83. The summed E-state index contributed by atoms with van der Waals surface area (Å²) in [6, 6.07) is 11.7. The molecular weight excluding hydrogens is 743 g/mol. The Morgan fingerprint density at radius 2 is 1.67 bits per heavy atom. The summed E-state index contributed by atoms with van der Waals surface area (Å²) in [6.45, 7) is 4.72. The molecule has 1 aromatic heterocycles. The van der Waals surface area contributed by atoms with Crippen LogP contribution in [0.25, 0.3) is 10.9 Å². The maximum absolute atomic E-state index is 14.6. The van der Waals surface area contributed by atoms with Crippen LogP contribution in [-0.4, -0.2) is 121 Å². The summed E-state index contributed by atoms with van der Waals surface area (Å²) in [4.78, 5) is 89.2. The minimum absolute atomic E-state index is 0.0351.